The number of carbonyl (C=O) groups is 1. The van der Waals surface area contributed by atoms with E-state index in [1.807, 2.05) is 18.2 Å². The van der Waals surface area contributed by atoms with Crippen molar-refractivity contribution in [2.45, 2.75) is 25.1 Å². The first-order valence-electron chi connectivity index (χ1n) is 7.68. The molecular formula is C17H15ClF3NO3. The number of amides is 1. The number of allylic oxidation sites excluding steroid dienone is 4. The molecule has 1 atom stereocenters. The van der Waals surface area contributed by atoms with Crippen molar-refractivity contribution in [1.29, 1.82) is 0 Å². The predicted octanol–water partition coefficient (Wildman–Crippen LogP) is 4.79. The first-order chi connectivity index (χ1) is 11.9. The van der Waals surface area contributed by atoms with Gasteiger partial charge >= 0.3 is 12.3 Å². The van der Waals surface area contributed by atoms with Gasteiger partial charge in [0.25, 0.3) is 0 Å². The summed E-state index contributed by atoms with van der Waals surface area (Å²) < 4.78 is 49.1. The Kier molecular flexibility index (Phi) is 4.94. The Balaban J connectivity index is 1.64. The average Bonchev–Trinajstić information content (AvgIpc) is 2.94. The molecule has 3 rings (SSSR count). The van der Waals surface area contributed by atoms with E-state index >= 15 is 0 Å². The molecule has 1 fully saturated rings. The van der Waals surface area contributed by atoms with Crippen molar-refractivity contribution >= 4 is 17.7 Å². The lowest BCUT2D eigenvalue weighted by atomic mass is 10.1. The molecule has 1 aromatic carbocycles. The summed E-state index contributed by atoms with van der Waals surface area (Å²) in [6.07, 6.45) is 1.68. The molecule has 1 unspecified atom stereocenters. The molecule has 1 aliphatic heterocycles. The van der Waals surface area contributed by atoms with Crippen LogP contribution in [0.25, 0.3) is 0 Å². The zero-order valence-electron chi connectivity index (χ0n) is 13.1. The van der Waals surface area contributed by atoms with Crippen molar-refractivity contribution in [3.8, 4) is 5.75 Å². The fourth-order valence-corrected chi connectivity index (χ4v) is 2.97. The van der Waals surface area contributed by atoms with Crippen LogP contribution in [0.3, 0.4) is 0 Å². The fourth-order valence-electron chi connectivity index (χ4n) is 2.68. The number of nitrogens with zero attached hydrogens (tertiary/aromatic N) is 1. The van der Waals surface area contributed by atoms with E-state index in [-0.39, 0.29) is 18.9 Å². The van der Waals surface area contributed by atoms with Crippen molar-refractivity contribution in [3.05, 3.63) is 52.7 Å². The largest absolute Gasteiger partial charge is 0.488 e. The van der Waals surface area contributed by atoms with E-state index in [2.05, 4.69) is 0 Å². The van der Waals surface area contributed by atoms with Crippen LogP contribution in [0.15, 0.2) is 42.1 Å². The number of halogens is 4. The highest BCUT2D eigenvalue weighted by molar-refractivity contribution is 6.32. The second-order valence-electron chi connectivity index (χ2n) is 5.67. The van der Waals surface area contributed by atoms with Gasteiger partial charge in [-0.3, -0.25) is 4.90 Å². The highest BCUT2D eigenvalue weighted by Gasteiger charge is 2.36. The number of hydrogen-bond donors (Lipinski definition) is 0. The Hall–Kier alpha value is -2.15. The third kappa shape index (κ3) is 3.92. The van der Waals surface area contributed by atoms with E-state index in [0.717, 1.165) is 24.6 Å². The highest BCUT2D eigenvalue weighted by atomic mass is 35.5. The van der Waals surface area contributed by atoms with E-state index in [0.29, 0.717) is 0 Å². The van der Waals surface area contributed by atoms with Gasteiger partial charge in [0.05, 0.1) is 17.1 Å². The Morgan fingerprint density at radius 1 is 1.36 bits per heavy atom. The highest BCUT2D eigenvalue weighted by Crippen LogP contribution is 2.39. The minimum Gasteiger partial charge on any atom is -0.488 e. The zero-order valence-corrected chi connectivity index (χ0v) is 13.8. The minimum absolute atomic E-state index is 0.0770. The number of ether oxygens (including phenoxy) is 2. The van der Waals surface area contributed by atoms with Gasteiger partial charge in [0.15, 0.2) is 6.10 Å². The Labute approximate surface area is 147 Å². The van der Waals surface area contributed by atoms with Crippen molar-refractivity contribution in [1.82, 2.24) is 4.90 Å². The molecule has 0 bridgehead atoms. The molecule has 0 aromatic heterocycles. The average molecular weight is 374 g/mol. The SMILES string of the molecule is O=C1OC(COc2cccc(C(F)(F)F)c2Cl)CN1C1=CC=CCC1. The molecule has 134 valence electrons. The van der Waals surface area contributed by atoms with Gasteiger partial charge < -0.3 is 9.47 Å². The van der Waals surface area contributed by atoms with Crippen LogP contribution in [0, 0.1) is 0 Å². The first-order valence-corrected chi connectivity index (χ1v) is 8.06. The van der Waals surface area contributed by atoms with Crippen LogP contribution in [-0.4, -0.2) is 30.2 Å². The van der Waals surface area contributed by atoms with Crippen LogP contribution >= 0.6 is 11.6 Å². The normalized spacial score (nSPS) is 20.5. The molecule has 1 aliphatic carbocycles. The van der Waals surface area contributed by atoms with Crippen molar-refractivity contribution in [3.63, 3.8) is 0 Å². The third-order valence-corrected chi connectivity index (χ3v) is 4.30. The summed E-state index contributed by atoms with van der Waals surface area (Å²) in [6.45, 7) is 0.210. The summed E-state index contributed by atoms with van der Waals surface area (Å²) in [5.74, 6) is -0.0918. The zero-order chi connectivity index (χ0) is 18.0. The van der Waals surface area contributed by atoms with E-state index in [1.165, 1.54) is 17.0 Å². The first kappa shape index (κ1) is 17.7. The summed E-state index contributed by atoms with van der Waals surface area (Å²) in [5.41, 5.74) is -0.108. The smallest absolute Gasteiger partial charge is 0.417 e. The van der Waals surface area contributed by atoms with Gasteiger partial charge in [-0.2, -0.15) is 13.2 Å². The second kappa shape index (κ2) is 7.00. The lowest BCUT2D eigenvalue weighted by Crippen LogP contribution is -2.26. The molecule has 1 saturated heterocycles. The van der Waals surface area contributed by atoms with Gasteiger partial charge in [0, 0.05) is 5.70 Å². The van der Waals surface area contributed by atoms with Gasteiger partial charge in [-0.05, 0) is 31.1 Å². The van der Waals surface area contributed by atoms with Gasteiger partial charge in [0.2, 0.25) is 0 Å². The van der Waals surface area contributed by atoms with E-state index in [4.69, 9.17) is 21.1 Å². The standard InChI is InChI=1S/C17H15ClF3NO3/c18-15-13(17(19,20)21)7-4-8-14(15)24-10-12-9-22(16(23)25-12)11-5-2-1-3-6-11/h1-2,4-5,7-8,12H,3,6,9-10H2. The molecule has 1 heterocycles. The maximum atomic E-state index is 12.9. The Morgan fingerprint density at radius 2 is 2.16 bits per heavy atom. The molecule has 0 saturated carbocycles. The van der Waals surface area contributed by atoms with Crippen LogP contribution < -0.4 is 4.74 Å². The number of carbonyl (C=O) groups excluding carboxylic acids is 1. The lowest BCUT2D eigenvalue weighted by molar-refractivity contribution is -0.137. The van der Waals surface area contributed by atoms with Crippen molar-refractivity contribution in [2.24, 2.45) is 0 Å². The lowest BCUT2D eigenvalue weighted by Gasteiger charge is -2.18. The molecule has 1 aromatic rings. The summed E-state index contributed by atoms with van der Waals surface area (Å²) in [5, 5.41) is -0.503. The number of rotatable bonds is 4. The van der Waals surface area contributed by atoms with Gasteiger partial charge in [-0.1, -0.05) is 29.8 Å². The van der Waals surface area contributed by atoms with Crippen LogP contribution in [0.5, 0.6) is 5.75 Å². The van der Waals surface area contributed by atoms with Crippen LogP contribution in [-0.2, 0) is 10.9 Å². The molecular weight excluding hydrogens is 359 g/mol. The van der Waals surface area contributed by atoms with Crippen molar-refractivity contribution in [2.75, 3.05) is 13.2 Å². The number of benzene rings is 1. The molecule has 8 heteroatoms. The molecule has 0 spiro atoms. The van der Waals surface area contributed by atoms with Gasteiger partial charge in [0.1, 0.15) is 12.4 Å². The third-order valence-electron chi connectivity index (χ3n) is 3.91. The monoisotopic (exact) mass is 373 g/mol. The number of cyclic esters (lactones) is 1. The van der Waals surface area contributed by atoms with Crippen molar-refractivity contribution < 1.29 is 27.4 Å². The quantitative estimate of drug-likeness (QED) is 0.761. The van der Waals surface area contributed by atoms with Crippen LogP contribution in [0.1, 0.15) is 18.4 Å². The molecule has 0 N–H and O–H groups in total. The summed E-state index contributed by atoms with van der Waals surface area (Å²) in [6, 6.07) is 3.45. The van der Waals surface area contributed by atoms with Gasteiger partial charge in [-0.25, -0.2) is 4.79 Å². The molecule has 2 aliphatic rings. The maximum Gasteiger partial charge on any atom is 0.417 e. The van der Waals surface area contributed by atoms with E-state index in [9.17, 15) is 18.0 Å². The van der Waals surface area contributed by atoms with E-state index < -0.39 is 29.0 Å². The minimum atomic E-state index is -4.56. The fraction of sp³-hybridized carbons (Fsp3) is 0.353. The van der Waals surface area contributed by atoms with Gasteiger partial charge in [-0.15, -0.1) is 0 Å². The summed E-state index contributed by atoms with van der Waals surface area (Å²) >= 11 is 5.78. The summed E-state index contributed by atoms with van der Waals surface area (Å²) in [4.78, 5) is 13.5. The van der Waals surface area contributed by atoms with E-state index in [1.54, 1.807) is 0 Å². The topological polar surface area (TPSA) is 38.8 Å². The number of hydrogen-bond acceptors (Lipinski definition) is 3. The number of alkyl halides is 3. The van der Waals surface area contributed by atoms with Crippen LogP contribution in [0.4, 0.5) is 18.0 Å². The maximum absolute atomic E-state index is 12.9. The predicted molar refractivity (Wildman–Crippen MR) is 85.4 cm³/mol. The molecule has 1 amide bonds. The Morgan fingerprint density at radius 3 is 2.84 bits per heavy atom. The summed E-state index contributed by atoms with van der Waals surface area (Å²) in [7, 11) is 0. The molecule has 4 nitrogen and oxygen atoms in total. The second-order valence-corrected chi connectivity index (χ2v) is 6.05. The molecule has 0 radical (unpaired) electrons. The van der Waals surface area contributed by atoms with Crippen LogP contribution in [0.2, 0.25) is 5.02 Å². The molecule has 25 heavy (non-hydrogen) atoms. The Bertz CT molecular complexity index is 730.